The molecule has 0 saturated carbocycles. The van der Waals surface area contributed by atoms with Gasteiger partial charge in [0.2, 0.25) is 0 Å². The quantitative estimate of drug-likeness (QED) is 0.477. The average molecular weight is 260 g/mol. The number of rotatable bonds is 3. The number of halogens is 3. The van der Waals surface area contributed by atoms with Crippen LogP contribution in [0, 0.1) is 24.4 Å². The van der Waals surface area contributed by atoms with Gasteiger partial charge in [-0.1, -0.05) is 6.92 Å². The number of hydrogen-bond acceptors (Lipinski definition) is 3. The fraction of sp³-hybridized carbons (Fsp3) is 0.333. The zero-order chi connectivity index (χ0) is 13.9. The molecular weight excluding hydrogens is 249 g/mol. The second-order valence-corrected chi connectivity index (χ2v) is 3.67. The Morgan fingerprint density at radius 2 is 1.83 bits per heavy atom. The first-order valence-electron chi connectivity index (χ1n) is 5.27. The van der Waals surface area contributed by atoms with Crippen LogP contribution in [0.25, 0.3) is 0 Å². The lowest BCUT2D eigenvalue weighted by molar-refractivity contribution is -0.138. The Balaban J connectivity index is 3.07. The summed E-state index contributed by atoms with van der Waals surface area (Å²) in [4.78, 5) is 22.5. The summed E-state index contributed by atoms with van der Waals surface area (Å²) in [5.74, 6) is -6.16. The van der Waals surface area contributed by atoms with Crippen molar-refractivity contribution in [3.63, 3.8) is 0 Å². The van der Waals surface area contributed by atoms with Crippen molar-refractivity contribution >= 4 is 11.9 Å². The summed E-state index contributed by atoms with van der Waals surface area (Å²) in [5, 5.41) is 0. The number of hydrogen-bond donors (Lipinski definition) is 0. The van der Waals surface area contributed by atoms with Gasteiger partial charge in [0.05, 0.1) is 0 Å². The molecule has 0 radical (unpaired) electrons. The topological polar surface area (TPSA) is 43.4 Å². The van der Waals surface area contributed by atoms with Gasteiger partial charge in [0.15, 0.2) is 11.6 Å². The molecule has 1 aromatic rings. The number of carbonyl (C=O) groups excluding carboxylic acids is 2. The molecule has 0 aliphatic rings. The van der Waals surface area contributed by atoms with E-state index in [1.807, 2.05) is 0 Å². The summed E-state index contributed by atoms with van der Waals surface area (Å²) in [6, 6.07) is 0.239. The fourth-order valence-electron chi connectivity index (χ4n) is 1.37. The van der Waals surface area contributed by atoms with Crippen LogP contribution in [0.3, 0.4) is 0 Å². The SMILES string of the molecule is CCCC(=O)OC(=O)c1c(F)cc(F)c(F)c1C. The third-order valence-corrected chi connectivity index (χ3v) is 2.27. The monoisotopic (exact) mass is 260 g/mol. The van der Waals surface area contributed by atoms with E-state index in [4.69, 9.17) is 0 Å². The minimum atomic E-state index is -1.40. The van der Waals surface area contributed by atoms with Gasteiger partial charge in [0.25, 0.3) is 0 Å². The van der Waals surface area contributed by atoms with E-state index in [0.717, 1.165) is 6.92 Å². The summed E-state index contributed by atoms with van der Waals surface area (Å²) in [5.41, 5.74) is -1.29. The molecule has 0 aromatic heterocycles. The highest BCUT2D eigenvalue weighted by Crippen LogP contribution is 2.20. The van der Waals surface area contributed by atoms with Crippen molar-refractivity contribution in [3.8, 4) is 0 Å². The highest BCUT2D eigenvalue weighted by molar-refractivity contribution is 5.98. The Hall–Kier alpha value is -1.85. The van der Waals surface area contributed by atoms with E-state index < -0.39 is 40.5 Å². The molecule has 0 aliphatic heterocycles. The predicted octanol–water partition coefficient (Wildman–Crippen LogP) is 2.90. The molecule has 0 amide bonds. The van der Waals surface area contributed by atoms with Gasteiger partial charge < -0.3 is 4.74 Å². The molecule has 1 aromatic carbocycles. The normalized spacial score (nSPS) is 10.3. The van der Waals surface area contributed by atoms with Gasteiger partial charge in [-0.05, 0) is 13.3 Å². The van der Waals surface area contributed by atoms with Gasteiger partial charge in [-0.2, -0.15) is 0 Å². The number of carbonyl (C=O) groups is 2. The molecule has 0 heterocycles. The second kappa shape index (κ2) is 5.66. The van der Waals surface area contributed by atoms with Gasteiger partial charge in [0.1, 0.15) is 11.4 Å². The van der Waals surface area contributed by atoms with Gasteiger partial charge >= 0.3 is 11.9 Å². The highest BCUT2D eigenvalue weighted by Gasteiger charge is 2.24. The smallest absolute Gasteiger partial charge is 0.349 e. The molecule has 0 N–H and O–H groups in total. The van der Waals surface area contributed by atoms with Crippen molar-refractivity contribution in [3.05, 3.63) is 34.6 Å². The van der Waals surface area contributed by atoms with Crippen molar-refractivity contribution in [2.45, 2.75) is 26.7 Å². The molecule has 6 heteroatoms. The van der Waals surface area contributed by atoms with E-state index in [1.54, 1.807) is 6.92 Å². The fourth-order valence-corrected chi connectivity index (χ4v) is 1.37. The Labute approximate surface area is 102 Å². The van der Waals surface area contributed by atoms with Crippen molar-refractivity contribution in [2.75, 3.05) is 0 Å². The van der Waals surface area contributed by atoms with E-state index in [0.29, 0.717) is 6.42 Å². The maximum Gasteiger partial charge on any atom is 0.349 e. The lowest BCUT2D eigenvalue weighted by Gasteiger charge is -2.08. The largest absolute Gasteiger partial charge is 0.389 e. The Morgan fingerprint density at radius 3 is 2.39 bits per heavy atom. The molecule has 0 fully saturated rings. The van der Waals surface area contributed by atoms with Crippen LogP contribution in [0.5, 0.6) is 0 Å². The number of ether oxygens (including phenoxy) is 1. The van der Waals surface area contributed by atoms with Gasteiger partial charge in [0, 0.05) is 18.1 Å². The van der Waals surface area contributed by atoms with E-state index in [1.165, 1.54) is 0 Å². The summed E-state index contributed by atoms with van der Waals surface area (Å²) < 4.78 is 43.7. The molecule has 0 aliphatic carbocycles. The van der Waals surface area contributed by atoms with Gasteiger partial charge in [-0.3, -0.25) is 4.79 Å². The maximum absolute atomic E-state index is 13.4. The number of esters is 2. The zero-order valence-electron chi connectivity index (χ0n) is 9.85. The van der Waals surface area contributed by atoms with Crippen LogP contribution >= 0.6 is 0 Å². The molecule has 1 rings (SSSR count). The maximum atomic E-state index is 13.4. The first-order valence-corrected chi connectivity index (χ1v) is 5.27. The van der Waals surface area contributed by atoms with E-state index in [9.17, 15) is 22.8 Å². The van der Waals surface area contributed by atoms with Gasteiger partial charge in [-0.15, -0.1) is 0 Å². The average Bonchev–Trinajstić information content (AvgIpc) is 2.26. The summed E-state index contributed by atoms with van der Waals surface area (Å²) in [6.07, 6.45) is 0.432. The molecule has 18 heavy (non-hydrogen) atoms. The van der Waals surface area contributed by atoms with Crippen LogP contribution in [0.4, 0.5) is 13.2 Å². The Morgan fingerprint density at radius 1 is 1.22 bits per heavy atom. The third-order valence-electron chi connectivity index (χ3n) is 2.27. The van der Waals surface area contributed by atoms with Crippen LogP contribution in [0.15, 0.2) is 6.07 Å². The molecule has 98 valence electrons. The molecule has 0 atom stereocenters. The zero-order valence-corrected chi connectivity index (χ0v) is 9.85. The standard InChI is InChI=1S/C12H11F3O3/c1-3-4-9(16)18-12(17)10-6(2)11(15)8(14)5-7(10)13/h5H,3-4H2,1-2H3. The van der Waals surface area contributed by atoms with E-state index in [2.05, 4.69) is 4.74 Å². The van der Waals surface area contributed by atoms with Crippen molar-refractivity contribution in [1.29, 1.82) is 0 Å². The van der Waals surface area contributed by atoms with Crippen molar-refractivity contribution in [1.82, 2.24) is 0 Å². The number of benzene rings is 1. The first kappa shape index (κ1) is 14.2. The van der Waals surface area contributed by atoms with Crippen LogP contribution < -0.4 is 0 Å². The summed E-state index contributed by atoms with van der Waals surface area (Å²) >= 11 is 0. The lowest BCUT2D eigenvalue weighted by atomic mass is 10.1. The van der Waals surface area contributed by atoms with Gasteiger partial charge in [-0.25, -0.2) is 18.0 Å². The molecule has 0 unspecified atom stereocenters. The van der Waals surface area contributed by atoms with Crippen molar-refractivity contribution < 1.29 is 27.5 Å². The van der Waals surface area contributed by atoms with E-state index in [-0.39, 0.29) is 12.5 Å². The molecule has 3 nitrogen and oxygen atoms in total. The second-order valence-electron chi connectivity index (χ2n) is 3.67. The summed E-state index contributed by atoms with van der Waals surface area (Å²) in [6.45, 7) is 2.72. The van der Waals surface area contributed by atoms with E-state index >= 15 is 0 Å². The van der Waals surface area contributed by atoms with Crippen LogP contribution in [-0.4, -0.2) is 11.9 Å². The third kappa shape index (κ3) is 2.88. The minimum absolute atomic E-state index is 0.0178. The highest BCUT2D eigenvalue weighted by atomic mass is 19.2. The molecule has 0 spiro atoms. The minimum Gasteiger partial charge on any atom is -0.389 e. The van der Waals surface area contributed by atoms with Crippen LogP contribution in [-0.2, 0) is 9.53 Å². The molecule has 0 saturated heterocycles. The van der Waals surface area contributed by atoms with Crippen molar-refractivity contribution in [2.24, 2.45) is 0 Å². The Bertz CT molecular complexity index is 498. The van der Waals surface area contributed by atoms with Crippen LogP contribution in [0.1, 0.15) is 35.7 Å². The van der Waals surface area contributed by atoms with Crippen LogP contribution in [0.2, 0.25) is 0 Å². The summed E-state index contributed by atoms with van der Waals surface area (Å²) in [7, 11) is 0. The Kier molecular flexibility index (Phi) is 4.47. The molecular formula is C12H11F3O3. The predicted molar refractivity (Wildman–Crippen MR) is 56.4 cm³/mol. The molecule has 0 bridgehead atoms. The first-order chi connectivity index (χ1) is 8.38. The lowest BCUT2D eigenvalue weighted by Crippen LogP contribution is -2.16.